The first kappa shape index (κ1) is 16.7. The van der Waals surface area contributed by atoms with Crippen LogP contribution in [0.4, 0.5) is 0 Å². The summed E-state index contributed by atoms with van der Waals surface area (Å²) < 4.78 is 11.4. The molecule has 0 spiro atoms. The average Bonchev–Trinajstić information content (AvgIpc) is 3.38. The minimum absolute atomic E-state index is 0.0513. The lowest BCUT2D eigenvalue weighted by atomic mass is 10.1. The number of hydrogen-bond donors (Lipinski definition) is 1. The molecule has 0 unspecified atom stereocenters. The second kappa shape index (κ2) is 7.58. The molecule has 1 fully saturated rings. The molecule has 0 aliphatic heterocycles. The van der Waals surface area contributed by atoms with E-state index in [1.165, 1.54) is 0 Å². The predicted octanol–water partition coefficient (Wildman–Crippen LogP) is 4.21. The highest BCUT2D eigenvalue weighted by Gasteiger charge is 2.24. The van der Waals surface area contributed by atoms with Crippen LogP contribution < -0.4 is 14.8 Å². The van der Waals surface area contributed by atoms with E-state index in [0.717, 1.165) is 24.2 Å². The van der Waals surface area contributed by atoms with Gasteiger partial charge in [-0.2, -0.15) is 0 Å². The molecule has 5 heteroatoms. The monoisotopic (exact) mass is 345 g/mol. The first-order chi connectivity index (χ1) is 11.7. The number of nitrogens with one attached hydrogen (secondary N) is 1. The molecule has 2 aromatic carbocycles. The second-order valence-corrected chi connectivity index (χ2v) is 6.19. The Bertz CT molecular complexity index is 728. The van der Waals surface area contributed by atoms with E-state index in [-0.39, 0.29) is 5.91 Å². The van der Waals surface area contributed by atoms with E-state index < -0.39 is 0 Å². The number of amides is 1. The zero-order chi connectivity index (χ0) is 16.9. The van der Waals surface area contributed by atoms with E-state index >= 15 is 0 Å². The van der Waals surface area contributed by atoms with Gasteiger partial charge in [-0.3, -0.25) is 4.79 Å². The molecule has 24 heavy (non-hydrogen) atoms. The summed E-state index contributed by atoms with van der Waals surface area (Å²) in [6.45, 7) is 2.79. The summed E-state index contributed by atoms with van der Waals surface area (Å²) in [6.07, 6.45) is 2.13. The lowest BCUT2D eigenvalue weighted by Gasteiger charge is -2.13. The lowest BCUT2D eigenvalue weighted by Crippen LogP contribution is -2.25. The first-order valence-electron chi connectivity index (χ1n) is 8.10. The van der Waals surface area contributed by atoms with Gasteiger partial charge in [0, 0.05) is 22.2 Å². The van der Waals surface area contributed by atoms with Crippen LogP contribution in [0.1, 0.15) is 35.7 Å². The largest absolute Gasteiger partial charge is 0.493 e. The van der Waals surface area contributed by atoms with E-state index in [1.807, 2.05) is 31.2 Å². The van der Waals surface area contributed by atoms with Crippen molar-refractivity contribution in [3.63, 3.8) is 0 Å². The Hall–Kier alpha value is -2.20. The van der Waals surface area contributed by atoms with Gasteiger partial charge in [-0.1, -0.05) is 17.7 Å². The number of hydrogen-bond acceptors (Lipinski definition) is 3. The SMILES string of the molecule is CCOc1ccc(C(=O)NC2CC2)cc1COc1cccc(Cl)c1. The van der Waals surface area contributed by atoms with Crippen LogP contribution in [-0.4, -0.2) is 18.6 Å². The average molecular weight is 346 g/mol. The third kappa shape index (κ3) is 4.42. The van der Waals surface area contributed by atoms with Crippen molar-refractivity contribution in [2.45, 2.75) is 32.4 Å². The Morgan fingerprint density at radius 3 is 2.75 bits per heavy atom. The fraction of sp³-hybridized carbons (Fsp3) is 0.316. The van der Waals surface area contributed by atoms with Crippen LogP contribution in [0.25, 0.3) is 0 Å². The molecular formula is C19H20ClNO3. The maximum atomic E-state index is 12.2. The molecule has 0 atom stereocenters. The normalized spacial score (nSPS) is 13.4. The van der Waals surface area contributed by atoms with Crippen molar-refractivity contribution in [2.75, 3.05) is 6.61 Å². The molecule has 1 aliphatic carbocycles. The molecule has 0 heterocycles. The van der Waals surface area contributed by atoms with Crippen molar-refractivity contribution in [3.8, 4) is 11.5 Å². The van der Waals surface area contributed by atoms with Crippen molar-refractivity contribution < 1.29 is 14.3 Å². The van der Waals surface area contributed by atoms with Crippen molar-refractivity contribution in [1.29, 1.82) is 0 Å². The van der Waals surface area contributed by atoms with Crippen molar-refractivity contribution in [3.05, 3.63) is 58.6 Å². The third-order valence-electron chi connectivity index (χ3n) is 3.73. The van der Waals surface area contributed by atoms with Gasteiger partial charge in [0.15, 0.2) is 0 Å². The Labute approximate surface area is 146 Å². The Morgan fingerprint density at radius 1 is 1.21 bits per heavy atom. The molecule has 4 nitrogen and oxygen atoms in total. The minimum Gasteiger partial charge on any atom is -0.493 e. The molecule has 1 N–H and O–H groups in total. The van der Waals surface area contributed by atoms with Gasteiger partial charge in [-0.25, -0.2) is 0 Å². The van der Waals surface area contributed by atoms with Crippen LogP contribution in [0.3, 0.4) is 0 Å². The fourth-order valence-corrected chi connectivity index (χ4v) is 2.52. The van der Waals surface area contributed by atoms with Gasteiger partial charge in [-0.15, -0.1) is 0 Å². The van der Waals surface area contributed by atoms with Gasteiger partial charge < -0.3 is 14.8 Å². The minimum atomic E-state index is -0.0513. The summed E-state index contributed by atoms with van der Waals surface area (Å²) in [4.78, 5) is 12.2. The molecule has 1 aliphatic rings. The smallest absolute Gasteiger partial charge is 0.251 e. The number of carbonyl (C=O) groups excluding carboxylic acids is 1. The number of carbonyl (C=O) groups is 1. The predicted molar refractivity (Wildman–Crippen MR) is 93.9 cm³/mol. The van der Waals surface area contributed by atoms with E-state index in [2.05, 4.69) is 5.32 Å². The van der Waals surface area contributed by atoms with Gasteiger partial charge in [0.2, 0.25) is 0 Å². The van der Waals surface area contributed by atoms with E-state index in [9.17, 15) is 4.79 Å². The highest BCUT2D eigenvalue weighted by Crippen LogP contribution is 2.25. The fourth-order valence-electron chi connectivity index (χ4n) is 2.34. The zero-order valence-electron chi connectivity index (χ0n) is 13.5. The molecular weight excluding hydrogens is 326 g/mol. The Balaban J connectivity index is 1.75. The summed E-state index contributed by atoms with van der Waals surface area (Å²) in [5, 5.41) is 3.61. The zero-order valence-corrected chi connectivity index (χ0v) is 14.3. The highest BCUT2D eigenvalue weighted by molar-refractivity contribution is 6.30. The van der Waals surface area contributed by atoms with E-state index in [0.29, 0.717) is 35.6 Å². The van der Waals surface area contributed by atoms with Gasteiger partial charge in [0.1, 0.15) is 18.1 Å². The number of rotatable bonds is 7. The van der Waals surface area contributed by atoms with Crippen LogP contribution in [0.15, 0.2) is 42.5 Å². The molecule has 3 rings (SSSR count). The van der Waals surface area contributed by atoms with Crippen molar-refractivity contribution in [2.24, 2.45) is 0 Å². The molecule has 0 radical (unpaired) electrons. The summed E-state index contributed by atoms with van der Waals surface area (Å²) in [5.41, 5.74) is 1.45. The summed E-state index contributed by atoms with van der Waals surface area (Å²) >= 11 is 5.97. The topological polar surface area (TPSA) is 47.6 Å². The van der Waals surface area contributed by atoms with Crippen LogP contribution in [0.5, 0.6) is 11.5 Å². The van der Waals surface area contributed by atoms with E-state index in [1.54, 1.807) is 18.2 Å². The van der Waals surface area contributed by atoms with Gasteiger partial charge in [0.05, 0.1) is 6.61 Å². The maximum absolute atomic E-state index is 12.2. The molecule has 2 aromatic rings. The molecule has 126 valence electrons. The van der Waals surface area contributed by atoms with Crippen LogP contribution in [0.2, 0.25) is 5.02 Å². The lowest BCUT2D eigenvalue weighted by molar-refractivity contribution is 0.0951. The number of benzene rings is 2. The third-order valence-corrected chi connectivity index (χ3v) is 3.96. The molecule has 0 saturated heterocycles. The number of ether oxygens (including phenoxy) is 2. The number of halogens is 1. The first-order valence-corrected chi connectivity index (χ1v) is 8.48. The van der Waals surface area contributed by atoms with Crippen LogP contribution in [-0.2, 0) is 6.61 Å². The maximum Gasteiger partial charge on any atom is 0.251 e. The van der Waals surface area contributed by atoms with Gasteiger partial charge in [-0.05, 0) is 56.2 Å². The van der Waals surface area contributed by atoms with Gasteiger partial charge in [0.25, 0.3) is 5.91 Å². The quantitative estimate of drug-likeness (QED) is 0.817. The standard InChI is InChI=1S/C19H20ClNO3/c1-2-23-18-9-6-13(19(22)21-16-7-8-16)10-14(18)12-24-17-5-3-4-15(20)11-17/h3-6,9-11,16H,2,7-8,12H2,1H3,(H,21,22). The second-order valence-electron chi connectivity index (χ2n) is 5.75. The molecule has 0 bridgehead atoms. The summed E-state index contributed by atoms with van der Waals surface area (Å²) in [5.74, 6) is 1.35. The summed E-state index contributed by atoms with van der Waals surface area (Å²) in [6, 6.07) is 13.0. The molecule has 1 saturated carbocycles. The van der Waals surface area contributed by atoms with Crippen molar-refractivity contribution in [1.82, 2.24) is 5.32 Å². The highest BCUT2D eigenvalue weighted by atomic mass is 35.5. The molecule has 1 amide bonds. The Morgan fingerprint density at radius 2 is 2.04 bits per heavy atom. The van der Waals surface area contributed by atoms with Crippen LogP contribution in [0, 0.1) is 0 Å². The molecule has 0 aromatic heterocycles. The van der Waals surface area contributed by atoms with Crippen LogP contribution >= 0.6 is 11.6 Å². The Kier molecular flexibility index (Phi) is 5.26. The van der Waals surface area contributed by atoms with E-state index in [4.69, 9.17) is 21.1 Å². The van der Waals surface area contributed by atoms with Crippen molar-refractivity contribution >= 4 is 17.5 Å². The van der Waals surface area contributed by atoms with Gasteiger partial charge >= 0.3 is 0 Å². The summed E-state index contributed by atoms with van der Waals surface area (Å²) in [7, 11) is 0.